The maximum Gasteiger partial charge on any atom is 0.233 e. The number of nitrogens with zero attached hydrogens (tertiary/aromatic N) is 4. The molecule has 1 aliphatic heterocycles. The second-order valence-electron chi connectivity index (χ2n) is 8.19. The van der Waals surface area contributed by atoms with Crippen LogP contribution < -0.4 is 0 Å². The standard InChI is InChI=1S/C23H24N4O2/c1-16-12-20(29-26-16)19-13-24-15-25-21(19)17-6-5-11-27(14-17)22(28)23(9-10-23)18-7-3-2-4-8-18/h2-4,7-8,12-13,15,17H,5-6,9-11,14H2,1H3/t17-/m0/s1. The van der Waals surface area contributed by atoms with Crippen molar-refractivity contribution >= 4 is 5.91 Å². The van der Waals surface area contributed by atoms with E-state index >= 15 is 0 Å². The molecular formula is C23H24N4O2. The molecule has 3 aromatic rings. The zero-order valence-corrected chi connectivity index (χ0v) is 16.5. The Bertz CT molecular complexity index is 1030. The normalized spacial score (nSPS) is 20.4. The quantitative estimate of drug-likeness (QED) is 0.678. The fourth-order valence-electron chi connectivity index (χ4n) is 4.54. The molecule has 0 bridgehead atoms. The van der Waals surface area contributed by atoms with Crippen LogP contribution in [0, 0.1) is 6.92 Å². The van der Waals surface area contributed by atoms with Gasteiger partial charge in [0.2, 0.25) is 5.91 Å². The smallest absolute Gasteiger partial charge is 0.233 e. The number of likely N-dealkylation sites (tertiary alicyclic amines) is 1. The number of piperidine rings is 1. The monoisotopic (exact) mass is 388 g/mol. The highest BCUT2D eigenvalue weighted by atomic mass is 16.5. The molecule has 1 aromatic carbocycles. The maximum absolute atomic E-state index is 13.5. The predicted molar refractivity (Wildman–Crippen MR) is 108 cm³/mol. The predicted octanol–water partition coefficient (Wildman–Crippen LogP) is 3.88. The van der Waals surface area contributed by atoms with Gasteiger partial charge in [-0.1, -0.05) is 35.5 Å². The third kappa shape index (κ3) is 3.22. The lowest BCUT2D eigenvalue weighted by Crippen LogP contribution is -2.44. The minimum atomic E-state index is -0.320. The molecule has 0 radical (unpaired) electrons. The number of carbonyl (C=O) groups excluding carboxylic acids is 1. The summed E-state index contributed by atoms with van der Waals surface area (Å²) >= 11 is 0. The first kappa shape index (κ1) is 18.0. The molecule has 5 rings (SSSR count). The highest BCUT2D eigenvalue weighted by molar-refractivity contribution is 5.91. The van der Waals surface area contributed by atoms with Crippen molar-refractivity contribution in [2.45, 2.75) is 43.9 Å². The number of rotatable bonds is 4. The Morgan fingerprint density at radius 1 is 1.24 bits per heavy atom. The van der Waals surface area contributed by atoms with E-state index in [0.717, 1.165) is 54.7 Å². The van der Waals surface area contributed by atoms with E-state index in [-0.39, 0.29) is 17.2 Å². The van der Waals surface area contributed by atoms with Crippen LogP contribution in [0.1, 0.15) is 48.6 Å². The molecule has 6 heteroatoms. The van der Waals surface area contributed by atoms with E-state index in [4.69, 9.17) is 4.52 Å². The van der Waals surface area contributed by atoms with E-state index < -0.39 is 0 Å². The van der Waals surface area contributed by atoms with E-state index in [1.165, 1.54) is 0 Å². The van der Waals surface area contributed by atoms with Crippen LogP contribution in [0.15, 0.2) is 53.4 Å². The lowest BCUT2D eigenvalue weighted by molar-refractivity contribution is -0.135. The van der Waals surface area contributed by atoms with Crippen molar-refractivity contribution in [2.75, 3.05) is 13.1 Å². The summed E-state index contributed by atoms with van der Waals surface area (Å²) in [6.07, 6.45) is 7.21. The number of aryl methyl sites for hydroxylation is 1. The molecule has 2 fully saturated rings. The van der Waals surface area contributed by atoms with Gasteiger partial charge >= 0.3 is 0 Å². The molecule has 3 heterocycles. The number of amides is 1. The summed E-state index contributed by atoms with van der Waals surface area (Å²) < 4.78 is 5.47. The van der Waals surface area contributed by atoms with E-state index in [1.807, 2.05) is 36.1 Å². The van der Waals surface area contributed by atoms with Gasteiger partial charge in [-0.05, 0) is 38.2 Å². The molecule has 0 N–H and O–H groups in total. The second kappa shape index (κ2) is 7.10. The molecule has 29 heavy (non-hydrogen) atoms. The largest absolute Gasteiger partial charge is 0.356 e. The number of hydrogen-bond acceptors (Lipinski definition) is 5. The summed E-state index contributed by atoms with van der Waals surface area (Å²) in [4.78, 5) is 24.3. The van der Waals surface area contributed by atoms with Crippen molar-refractivity contribution in [3.05, 3.63) is 65.9 Å². The topological polar surface area (TPSA) is 72.1 Å². The van der Waals surface area contributed by atoms with E-state index in [9.17, 15) is 4.79 Å². The molecule has 0 unspecified atom stereocenters. The van der Waals surface area contributed by atoms with Crippen LogP contribution in [-0.2, 0) is 10.2 Å². The molecule has 2 aromatic heterocycles. The fraction of sp³-hybridized carbons (Fsp3) is 0.391. The van der Waals surface area contributed by atoms with Gasteiger partial charge < -0.3 is 9.42 Å². The molecule has 0 spiro atoms. The van der Waals surface area contributed by atoms with Crippen molar-refractivity contribution in [2.24, 2.45) is 0 Å². The second-order valence-corrected chi connectivity index (χ2v) is 8.19. The highest BCUT2D eigenvalue weighted by Crippen LogP contribution is 2.50. The SMILES string of the molecule is Cc1cc(-c2cncnc2[C@H]2CCCN(C(=O)C3(c4ccccc4)CC3)C2)on1. The van der Waals surface area contributed by atoms with Crippen LogP contribution in [0.3, 0.4) is 0 Å². The Labute approximate surface area is 170 Å². The van der Waals surface area contributed by atoms with Crippen LogP contribution in [0.5, 0.6) is 0 Å². The summed E-state index contributed by atoms with van der Waals surface area (Å²) in [6.45, 7) is 3.40. The van der Waals surface area contributed by atoms with Gasteiger partial charge in [0.25, 0.3) is 0 Å². The molecule has 2 aliphatic rings. The van der Waals surface area contributed by atoms with Gasteiger partial charge in [0.15, 0.2) is 5.76 Å². The lowest BCUT2D eigenvalue weighted by atomic mass is 9.88. The van der Waals surface area contributed by atoms with Crippen LogP contribution in [0.4, 0.5) is 0 Å². The zero-order chi connectivity index (χ0) is 19.8. The Kier molecular flexibility index (Phi) is 4.42. The first-order valence-corrected chi connectivity index (χ1v) is 10.3. The molecule has 1 aliphatic carbocycles. The summed E-state index contributed by atoms with van der Waals surface area (Å²) in [5.41, 5.74) is 3.47. The minimum Gasteiger partial charge on any atom is -0.356 e. The van der Waals surface area contributed by atoms with E-state index in [2.05, 4.69) is 27.3 Å². The zero-order valence-electron chi connectivity index (χ0n) is 16.5. The molecule has 6 nitrogen and oxygen atoms in total. The van der Waals surface area contributed by atoms with Gasteiger partial charge in [-0.15, -0.1) is 0 Å². The molecule has 1 saturated heterocycles. The average Bonchev–Trinajstić information content (AvgIpc) is 3.48. The van der Waals surface area contributed by atoms with Crippen LogP contribution >= 0.6 is 0 Å². The first-order chi connectivity index (χ1) is 14.2. The number of aromatic nitrogens is 3. The number of hydrogen-bond donors (Lipinski definition) is 0. The van der Waals surface area contributed by atoms with Crippen molar-refractivity contribution in [3.63, 3.8) is 0 Å². The van der Waals surface area contributed by atoms with Gasteiger partial charge in [-0.2, -0.15) is 0 Å². The van der Waals surface area contributed by atoms with Gasteiger partial charge in [0.1, 0.15) is 6.33 Å². The number of benzene rings is 1. The Hall–Kier alpha value is -3.02. The van der Waals surface area contributed by atoms with E-state index in [1.54, 1.807) is 12.5 Å². The highest BCUT2D eigenvalue weighted by Gasteiger charge is 2.53. The summed E-state index contributed by atoms with van der Waals surface area (Å²) in [6, 6.07) is 12.1. The summed E-state index contributed by atoms with van der Waals surface area (Å²) in [7, 11) is 0. The summed E-state index contributed by atoms with van der Waals surface area (Å²) in [5.74, 6) is 1.12. The van der Waals surface area contributed by atoms with Gasteiger partial charge in [0, 0.05) is 31.3 Å². The van der Waals surface area contributed by atoms with Crippen molar-refractivity contribution in [1.82, 2.24) is 20.0 Å². The molecular weight excluding hydrogens is 364 g/mol. The van der Waals surface area contributed by atoms with Crippen molar-refractivity contribution in [3.8, 4) is 11.3 Å². The van der Waals surface area contributed by atoms with Crippen molar-refractivity contribution < 1.29 is 9.32 Å². The third-order valence-corrected chi connectivity index (χ3v) is 6.22. The van der Waals surface area contributed by atoms with Crippen LogP contribution in [-0.4, -0.2) is 39.0 Å². The van der Waals surface area contributed by atoms with Gasteiger partial charge in [-0.25, -0.2) is 9.97 Å². The van der Waals surface area contributed by atoms with Gasteiger partial charge in [0.05, 0.1) is 22.4 Å². The Balaban J connectivity index is 1.40. The molecule has 1 atom stereocenters. The Morgan fingerprint density at radius 2 is 2.07 bits per heavy atom. The molecule has 1 saturated carbocycles. The average molecular weight is 388 g/mol. The van der Waals surface area contributed by atoms with Gasteiger partial charge in [-0.3, -0.25) is 4.79 Å². The number of carbonyl (C=O) groups is 1. The minimum absolute atomic E-state index is 0.169. The lowest BCUT2D eigenvalue weighted by Gasteiger charge is -2.35. The molecule has 148 valence electrons. The third-order valence-electron chi connectivity index (χ3n) is 6.22. The summed E-state index contributed by atoms with van der Waals surface area (Å²) in [5, 5.41) is 4.00. The van der Waals surface area contributed by atoms with Crippen LogP contribution in [0.25, 0.3) is 11.3 Å². The van der Waals surface area contributed by atoms with Crippen molar-refractivity contribution in [1.29, 1.82) is 0 Å². The Morgan fingerprint density at radius 3 is 2.79 bits per heavy atom. The maximum atomic E-state index is 13.5. The van der Waals surface area contributed by atoms with E-state index in [0.29, 0.717) is 12.3 Å². The fourth-order valence-corrected chi connectivity index (χ4v) is 4.54. The molecule has 1 amide bonds. The first-order valence-electron chi connectivity index (χ1n) is 10.3. The van der Waals surface area contributed by atoms with Crippen LogP contribution in [0.2, 0.25) is 0 Å².